The molecule has 0 aromatic carbocycles. The van der Waals surface area contributed by atoms with Crippen LogP contribution in [0, 0.1) is 0 Å². The van der Waals surface area contributed by atoms with Crippen LogP contribution < -0.4 is 0 Å². The largest absolute Gasteiger partial charge is 0.288 e. The molecule has 0 aromatic rings. The van der Waals surface area contributed by atoms with E-state index in [0.29, 0.717) is 6.17 Å². The Morgan fingerprint density at radius 3 is 1.08 bits per heavy atom. The minimum Gasteiger partial charge on any atom is -0.288 e. The van der Waals surface area contributed by atoms with E-state index in [1.165, 1.54) is 116 Å². The normalized spacial score (nSPS) is 12.0. The number of hydrogen-bond donors (Lipinski definition) is 0. The molecule has 0 fully saturated rings. The number of nitrogens with zero attached hydrogens (tertiary/aromatic N) is 2. The van der Waals surface area contributed by atoms with Gasteiger partial charge >= 0.3 is 0 Å². The quantitative estimate of drug-likeness (QED) is 0.145. The average molecular weight is 366 g/mol. The average Bonchev–Trinajstić information content (AvgIpc) is 2.64. The molecule has 3 heteroatoms. The summed E-state index contributed by atoms with van der Waals surface area (Å²) in [6, 6.07) is 0. The van der Waals surface area contributed by atoms with E-state index in [1.807, 2.05) is 0 Å². The number of rotatable bonds is 20. The lowest BCUT2D eigenvalue weighted by atomic mass is 9.98. The highest BCUT2D eigenvalue weighted by Crippen LogP contribution is 2.18. The Morgan fingerprint density at radius 1 is 0.538 bits per heavy atom. The van der Waals surface area contributed by atoms with Gasteiger partial charge in [0.15, 0.2) is 0 Å². The molecule has 156 valence electrons. The first kappa shape index (κ1) is 26.0. The van der Waals surface area contributed by atoms with Crippen molar-refractivity contribution < 1.29 is 0 Å². The van der Waals surface area contributed by atoms with Gasteiger partial charge in [0, 0.05) is 0 Å². The highest BCUT2D eigenvalue weighted by molar-refractivity contribution is 6.08. The standard InChI is InChI=1S/C23H51BN2/c1-5-9-13-19-25(20-14-10-6-2)23(17-18-24)26(21-15-11-7-3)22-16-12-8-4/h23H,5-22,24H2,1-4H3. The second-order valence-corrected chi connectivity index (χ2v) is 8.17. The zero-order valence-electron chi connectivity index (χ0n) is 19.2. The van der Waals surface area contributed by atoms with Gasteiger partial charge in [0.05, 0.1) is 6.17 Å². The topological polar surface area (TPSA) is 6.48 Å². The lowest BCUT2D eigenvalue weighted by molar-refractivity contribution is 0.0335. The van der Waals surface area contributed by atoms with Crippen molar-refractivity contribution in [2.45, 2.75) is 124 Å². The molecule has 0 saturated heterocycles. The lowest BCUT2D eigenvalue weighted by Gasteiger charge is -2.40. The fourth-order valence-corrected chi connectivity index (χ4v) is 3.93. The number of hydrogen-bond acceptors (Lipinski definition) is 2. The highest BCUT2D eigenvalue weighted by Gasteiger charge is 2.23. The van der Waals surface area contributed by atoms with Crippen LogP contribution in [0.2, 0.25) is 6.32 Å². The van der Waals surface area contributed by atoms with Crippen molar-refractivity contribution in [3.05, 3.63) is 0 Å². The maximum absolute atomic E-state index is 2.87. The molecule has 0 rings (SSSR count). The van der Waals surface area contributed by atoms with Crippen LogP contribution in [-0.2, 0) is 0 Å². The molecule has 0 bridgehead atoms. The molecule has 2 nitrogen and oxygen atoms in total. The van der Waals surface area contributed by atoms with Gasteiger partial charge < -0.3 is 0 Å². The first-order valence-electron chi connectivity index (χ1n) is 12.2. The second-order valence-electron chi connectivity index (χ2n) is 8.17. The van der Waals surface area contributed by atoms with Crippen LogP contribution in [0.3, 0.4) is 0 Å². The van der Waals surface area contributed by atoms with Crippen LogP contribution in [0.15, 0.2) is 0 Å². The third kappa shape index (κ3) is 13.2. The van der Waals surface area contributed by atoms with Gasteiger partial charge in [0.25, 0.3) is 0 Å². The third-order valence-corrected chi connectivity index (χ3v) is 5.59. The van der Waals surface area contributed by atoms with E-state index >= 15 is 0 Å². The summed E-state index contributed by atoms with van der Waals surface area (Å²) in [5, 5.41) is 0. The predicted octanol–water partition coefficient (Wildman–Crippen LogP) is 6.12. The predicted molar refractivity (Wildman–Crippen MR) is 123 cm³/mol. The van der Waals surface area contributed by atoms with Crippen molar-refractivity contribution in [3.8, 4) is 0 Å². The maximum Gasteiger partial charge on any atom is 0.101 e. The van der Waals surface area contributed by atoms with E-state index in [1.54, 1.807) is 0 Å². The molecule has 0 N–H and O–H groups in total. The van der Waals surface area contributed by atoms with Crippen molar-refractivity contribution in [2.24, 2.45) is 0 Å². The van der Waals surface area contributed by atoms with Crippen LogP contribution in [0.25, 0.3) is 0 Å². The number of unbranched alkanes of at least 4 members (excludes halogenated alkanes) is 8. The Kier molecular flexibility index (Phi) is 19.7. The van der Waals surface area contributed by atoms with Gasteiger partial charge in [-0.2, -0.15) is 0 Å². The first-order chi connectivity index (χ1) is 12.7. The van der Waals surface area contributed by atoms with Crippen molar-refractivity contribution >= 4 is 7.85 Å². The van der Waals surface area contributed by atoms with Gasteiger partial charge in [0.1, 0.15) is 7.85 Å². The minimum atomic E-state index is 0.683. The molecule has 0 unspecified atom stereocenters. The first-order valence-corrected chi connectivity index (χ1v) is 12.2. The SMILES string of the molecule is BCCC(N(CCCCC)CCCCC)N(CCCCC)CCCCC. The van der Waals surface area contributed by atoms with Crippen LogP contribution in [-0.4, -0.2) is 50.0 Å². The molecule has 0 aliphatic heterocycles. The van der Waals surface area contributed by atoms with E-state index in [2.05, 4.69) is 45.3 Å². The van der Waals surface area contributed by atoms with Crippen LogP contribution in [0.4, 0.5) is 0 Å². The van der Waals surface area contributed by atoms with Gasteiger partial charge in [-0.25, -0.2) is 0 Å². The zero-order valence-corrected chi connectivity index (χ0v) is 19.2. The van der Waals surface area contributed by atoms with Crippen molar-refractivity contribution in [3.63, 3.8) is 0 Å². The summed E-state index contributed by atoms with van der Waals surface area (Å²) in [6.45, 7) is 14.5. The monoisotopic (exact) mass is 366 g/mol. The molecule has 0 radical (unpaired) electrons. The van der Waals surface area contributed by atoms with Crippen molar-refractivity contribution in [2.75, 3.05) is 26.2 Å². The summed E-state index contributed by atoms with van der Waals surface area (Å²) in [5.74, 6) is 0. The molecule has 0 heterocycles. The van der Waals surface area contributed by atoms with E-state index in [0.717, 1.165) is 0 Å². The Balaban J connectivity index is 4.99. The Bertz CT molecular complexity index is 229. The molecule has 0 amide bonds. The molecule has 0 atom stereocenters. The summed E-state index contributed by atoms with van der Waals surface area (Å²) in [4.78, 5) is 5.74. The Morgan fingerprint density at radius 2 is 0.846 bits per heavy atom. The Hall–Kier alpha value is -0.0151. The van der Waals surface area contributed by atoms with E-state index in [9.17, 15) is 0 Å². The van der Waals surface area contributed by atoms with Crippen molar-refractivity contribution in [1.82, 2.24) is 9.80 Å². The van der Waals surface area contributed by atoms with Crippen LogP contribution in [0.1, 0.15) is 111 Å². The van der Waals surface area contributed by atoms with Gasteiger partial charge in [-0.1, -0.05) is 85.4 Å². The fraction of sp³-hybridized carbons (Fsp3) is 1.00. The Labute approximate surface area is 167 Å². The molecule has 0 spiro atoms. The van der Waals surface area contributed by atoms with Gasteiger partial charge in [-0.05, 0) is 58.3 Å². The smallest absolute Gasteiger partial charge is 0.101 e. The molecule has 0 aromatic heterocycles. The highest BCUT2D eigenvalue weighted by atomic mass is 15.3. The molecular weight excluding hydrogens is 315 g/mol. The van der Waals surface area contributed by atoms with E-state index in [4.69, 9.17) is 0 Å². The summed E-state index contributed by atoms with van der Waals surface area (Å²) in [5.41, 5.74) is 0. The second kappa shape index (κ2) is 19.7. The zero-order chi connectivity index (χ0) is 19.5. The minimum absolute atomic E-state index is 0.683. The van der Waals surface area contributed by atoms with Gasteiger partial charge in [0.2, 0.25) is 0 Å². The molecule has 0 saturated carbocycles. The van der Waals surface area contributed by atoms with Crippen LogP contribution >= 0.6 is 0 Å². The molecular formula is C23H51BN2. The summed E-state index contributed by atoms with van der Waals surface area (Å²) in [6.07, 6.45) is 19.7. The summed E-state index contributed by atoms with van der Waals surface area (Å²) < 4.78 is 0. The summed E-state index contributed by atoms with van der Waals surface area (Å²) in [7, 11) is 2.37. The van der Waals surface area contributed by atoms with Gasteiger partial charge in [-0.3, -0.25) is 9.80 Å². The third-order valence-electron chi connectivity index (χ3n) is 5.59. The molecule has 0 aliphatic carbocycles. The maximum atomic E-state index is 2.87. The van der Waals surface area contributed by atoms with Gasteiger partial charge in [-0.15, -0.1) is 0 Å². The molecule has 26 heavy (non-hydrogen) atoms. The molecule has 0 aliphatic rings. The lowest BCUT2D eigenvalue weighted by Crippen LogP contribution is -2.50. The van der Waals surface area contributed by atoms with E-state index in [-0.39, 0.29) is 0 Å². The van der Waals surface area contributed by atoms with Crippen molar-refractivity contribution in [1.29, 1.82) is 0 Å². The summed E-state index contributed by atoms with van der Waals surface area (Å²) >= 11 is 0. The van der Waals surface area contributed by atoms with E-state index < -0.39 is 0 Å². The fourth-order valence-electron chi connectivity index (χ4n) is 3.93. The van der Waals surface area contributed by atoms with Crippen LogP contribution in [0.5, 0.6) is 0 Å².